The highest BCUT2D eigenvalue weighted by atomic mass is 35.6. The van der Waals surface area contributed by atoms with Crippen LogP contribution in [-0.4, -0.2) is 89.1 Å². The number of carbonyl (C=O) groups excluding carboxylic acids is 5. The number of halogens is 3. The van der Waals surface area contributed by atoms with Gasteiger partial charge in [-0.1, -0.05) is 160 Å². The number of benzene rings is 3. The lowest BCUT2D eigenvalue weighted by Gasteiger charge is -2.46. The van der Waals surface area contributed by atoms with E-state index < -0.39 is 95.1 Å². The third kappa shape index (κ3) is 13.7. The zero-order valence-electron chi connectivity index (χ0n) is 40.4. The zero-order chi connectivity index (χ0) is 50.2. The summed E-state index contributed by atoms with van der Waals surface area (Å²) in [4.78, 5) is 73.3. The molecule has 2 heterocycles. The van der Waals surface area contributed by atoms with Gasteiger partial charge in [0.1, 0.15) is 30.8 Å². The molecular formula is C51H64Cl3N5O8Si. The predicted molar refractivity (Wildman–Crippen MR) is 271 cm³/mol. The summed E-state index contributed by atoms with van der Waals surface area (Å²) in [7, 11) is -3.30. The summed E-state index contributed by atoms with van der Waals surface area (Å²) in [5.74, 6) is -3.10. The maximum atomic E-state index is 15.0. The lowest BCUT2D eigenvalue weighted by molar-refractivity contribution is -0.154. The SMILES string of the molecule is CC(=O)OC(C)c1ccc2ccc(C=CC(C)(C)C(=O)NC(C(=O)NC(C(=O)N3CCCC(C(=O)OCC(Cl)(Cl)Cl)N3)C(C)O[Si](c3ccccc3)(c3ccccc3)C(C)(C)C)C(C)C)cc2n1. The molecule has 68 heavy (non-hydrogen) atoms. The van der Waals surface area contributed by atoms with E-state index in [-0.39, 0.29) is 6.54 Å². The van der Waals surface area contributed by atoms with Crippen LogP contribution in [0.15, 0.2) is 97.1 Å². The number of aromatic nitrogens is 1. The Kier molecular flexibility index (Phi) is 18.1. The molecule has 17 heteroatoms. The van der Waals surface area contributed by atoms with Gasteiger partial charge in [0, 0.05) is 18.9 Å². The molecule has 13 nitrogen and oxygen atoms in total. The summed E-state index contributed by atoms with van der Waals surface area (Å²) < 4.78 is 16.2. The fourth-order valence-electron chi connectivity index (χ4n) is 8.23. The monoisotopic (exact) mass is 1010 g/mol. The molecule has 0 radical (unpaired) electrons. The maximum Gasteiger partial charge on any atom is 0.325 e. The summed E-state index contributed by atoms with van der Waals surface area (Å²) in [5, 5.41) is 9.63. The van der Waals surface area contributed by atoms with Crippen molar-refractivity contribution in [1.82, 2.24) is 26.1 Å². The summed E-state index contributed by atoms with van der Waals surface area (Å²) in [6.07, 6.45) is 2.87. The number of nitrogens with one attached hydrogen (secondary N) is 3. The average Bonchev–Trinajstić information content (AvgIpc) is 3.29. The van der Waals surface area contributed by atoms with E-state index in [9.17, 15) is 24.0 Å². The van der Waals surface area contributed by atoms with Crippen molar-refractivity contribution in [1.29, 1.82) is 0 Å². The Morgan fingerprint density at radius 1 is 0.853 bits per heavy atom. The molecular weight excluding hydrogens is 945 g/mol. The first-order valence-corrected chi connectivity index (χ1v) is 25.9. The molecule has 1 aliphatic heterocycles. The van der Waals surface area contributed by atoms with Gasteiger partial charge in [-0.25, -0.2) is 10.4 Å². The first-order chi connectivity index (χ1) is 31.8. The summed E-state index contributed by atoms with van der Waals surface area (Å²) in [6, 6.07) is 26.0. The number of carbonyl (C=O) groups is 5. The Morgan fingerprint density at radius 3 is 2.01 bits per heavy atom. The predicted octanol–water partition coefficient (Wildman–Crippen LogP) is 7.90. The van der Waals surface area contributed by atoms with Crippen LogP contribution in [0.2, 0.25) is 5.04 Å². The fraction of sp³-hybridized carbons (Fsp3) is 0.451. The van der Waals surface area contributed by atoms with E-state index in [2.05, 4.69) is 36.8 Å². The number of fused-ring (bicyclic) bond motifs is 1. The second kappa shape index (κ2) is 22.7. The van der Waals surface area contributed by atoms with Crippen LogP contribution in [0.4, 0.5) is 0 Å². The number of amides is 3. The van der Waals surface area contributed by atoms with E-state index in [0.29, 0.717) is 24.1 Å². The van der Waals surface area contributed by atoms with Gasteiger partial charge >= 0.3 is 11.9 Å². The zero-order valence-corrected chi connectivity index (χ0v) is 43.7. The van der Waals surface area contributed by atoms with Crippen molar-refractivity contribution in [3.8, 4) is 0 Å². The molecule has 0 bridgehead atoms. The van der Waals surface area contributed by atoms with Gasteiger partial charge < -0.3 is 24.5 Å². The molecule has 3 N–H and O–H groups in total. The van der Waals surface area contributed by atoms with Gasteiger partial charge in [0.25, 0.3) is 14.2 Å². The van der Waals surface area contributed by atoms with Crippen LogP contribution < -0.4 is 26.4 Å². The van der Waals surface area contributed by atoms with E-state index in [1.165, 1.54) is 11.9 Å². The normalized spacial score (nSPS) is 16.7. The molecule has 1 fully saturated rings. The van der Waals surface area contributed by atoms with Crippen LogP contribution >= 0.6 is 34.8 Å². The van der Waals surface area contributed by atoms with Gasteiger partial charge in [-0.05, 0) is 79.6 Å². The number of ether oxygens (including phenoxy) is 2. The van der Waals surface area contributed by atoms with E-state index in [4.69, 9.17) is 53.7 Å². The first-order valence-electron chi connectivity index (χ1n) is 22.8. The van der Waals surface area contributed by atoms with Gasteiger partial charge in [0.05, 0.1) is 22.7 Å². The molecule has 1 saturated heterocycles. The number of hydrogen-bond donors (Lipinski definition) is 3. The number of alkyl halides is 3. The molecule has 4 aromatic rings. The third-order valence-corrected chi connectivity index (χ3v) is 17.4. The maximum absolute atomic E-state index is 15.0. The van der Waals surface area contributed by atoms with E-state index in [1.54, 1.807) is 33.8 Å². The highest BCUT2D eigenvalue weighted by molar-refractivity contribution is 6.99. The quantitative estimate of drug-likeness (QED) is 0.0538. The lowest BCUT2D eigenvalue weighted by atomic mass is 9.89. The minimum Gasteiger partial charge on any atom is -0.460 e. The van der Waals surface area contributed by atoms with Gasteiger partial charge in [-0.3, -0.25) is 29.0 Å². The number of hydrogen-bond acceptors (Lipinski definition) is 10. The van der Waals surface area contributed by atoms with Crippen LogP contribution in [0.5, 0.6) is 0 Å². The van der Waals surface area contributed by atoms with Crippen molar-refractivity contribution in [2.24, 2.45) is 11.3 Å². The summed E-state index contributed by atoms with van der Waals surface area (Å²) >= 11 is 17.6. The lowest BCUT2D eigenvalue weighted by Crippen LogP contribution is -2.70. The summed E-state index contributed by atoms with van der Waals surface area (Å²) in [6.45, 7) is 18.0. The Balaban J connectivity index is 1.45. The van der Waals surface area contributed by atoms with E-state index in [0.717, 1.165) is 21.3 Å². The smallest absolute Gasteiger partial charge is 0.325 e. The van der Waals surface area contributed by atoms with Gasteiger partial charge in [-0.2, -0.15) is 0 Å². The van der Waals surface area contributed by atoms with Crippen molar-refractivity contribution >= 4 is 100 Å². The Hall–Kier alpha value is -4.83. The third-order valence-electron chi connectivity index (χ3n) is 11.9. The molecule has 0 spiro atoms. The highest BCUT2D eigenvalue weighted by Gasteiger charge is 2.53. The molecule has 0 saturated carbocycles. The van der Waals surface area contributed by atoms with E-state index >= 15 is 0 Å². The molecule has 5 rings (SSSR count). The van der Waals surface area contributed by atoms with Crippen molar-refractivity contribution in [3.63, 3.8) is 0 Å². The minimum atomic E-state index is -3.30. The van der Waals surface area contributed by atoms with Gasteiger partial charge in [0.2, 0.25) is 15.6 Å². The molecule has 1 aromatic heterocycles. The van der Waals surface area contributed by atoms with E-state index in [1.807, 2.05) is 111 Å². The van der Waals surface area contributed by atoms with Crippen molar-refractivity contribution < 1.29 is 37.9 Å². The van der Waals surface area contributed by atoms with Crippen molar-refractivity contribution in [2.75, 3.05) is 13.2 Å². The average molecular weight is 1010 g/mol. The fourth-order valence-corrected chi connectivity index (χ4v) is 13.1. The molecule has 366 valence electrons. The number of pyridine rings is 1. The Labute approximate surface area is 416 Å². The number of nitrogens with zero attached hydrogens (tertiary/aromatic N) is 2. The van der Waals surface area contributed by atoms with Crippen LogP contribution in [0.3, 0.4) is 0 Å². The largest absolute Gasteiger partial charge is 0.460 e. The topological polar surface area (TPSA) is 165 Å². The molecule has 5 atom stereocenters. The van der Waals surface area contributed by atoms with Crippen LogP contribution in [0.1, 0.15) is 99.4 Å². The van der Waals surface area contributed by atoms with Crippen LogP contribution in [-0.2, 0) is 37.9 Å². The standard InChI is InChI=1S/C51H64Cl3N5O8Si/c1-32(2)43(57-48(64)50(9,10)28-27-36-23-24-37-25-26-40(55-42(37)30-36)33(3)66-35(5)60)45(61)56-44(46(62)59-29-17-22-41(58-59)47(63)65-31-51(52,53)54)34(4)67-68(49(6,7)8,38-18-13-11-14-19-38)39-20-15-12-16-21-39/h11-16,18-21,23-28,30,32-34,41,43-44,58H,17,22,29,31H2,1-10H3,(H,56,61)(H,57,64). The number of hydrazine groups is 1. The first kappa shape index (κ1) is 54.1. The second-order valence-electron chi connectivity index (χ2n) is 19.2. The second-order valence-corrected chi connectivity index (χ2v) is 26.0. The Morgan fingerprint density at radius 2 is 1.46 bits per heavy atom. The van der Waals surface area contributed by atoms with Crippen molar-refractivity contribution in [2.45, 2.75) is 121 Å². The van der Waals surface area contributed by atoms with Crippen molar-refractivity contribution in [3.05, 3.63) is 108 Å². The van der Waals surface area contributed by atoms with Gasteiger partial charge in [-0.15, -0.1) is 0 Å². The number of esters is 2. The van der Waals surface area contributed by atoms with Gasteiger partial charge in [0.15, 0.2) is 0 Å². The van der Waals surface area contributed by atoms with Crippen LogP contribution in [0.25, 0.3) is 17.0 Å². The molecule has 0 aliphatic carbocycles. The number of rotatable bonds is 17. The van der Waals surface area contributed by atoms with Crippen LogP contribution in [0, 0.1) is 11.3 Å². The minimum absolute atomic E-state index is 0.206. The Bertz CT molecular complexity index is 2410. The highest BCUT2D eigenvalue weighted by Crippen LogP contribution is 2.38. The molecule has 3 amide bonds. The molecule has 5 unspecified atom stereocenters. The molecule has 1 aliphatic rings. The summed E-state index contributed by atoms with van der Waals surface area (Å²) in [5.41, 5.74) is 3.97. The molecule has 3 aromatic carbocycles.